The molecule has 0 bridgehead atoms. The van der Waals surface area contributed by atoms with E-state index in [0.29, 0.717) is 17.8 Å². The van der Waals surface area contributed by atoms with Gasteiger partial charge in [-0.2, -0.15) is 0 Å². The Labute approximate surface area is 134 Å². The Morgan fingerprint density at radius 1 is 1.23 bits per heavy atom. The first-order chi connectivity index (χ1) is 10.5. The van der Waals surface area contributed by atoms with Crippen molar-refractivity contribution in [3.63, 3.8) is 0 Å². The van der Waals surface area contributed by atoms with Gasteiger partial charge in [-0.1, -0.05) is 43.6 Å². The van der Waals surface area contributed by atoms with E-state index in [1.807, 2.05) is 0 Å². The van der Waals surface area contributed by atoms with E-state index in [4.69, 9.17) is 0 Å². The molecule has 0 heterocycles. The third-order valence-corrected chi connectivity index (χ3v) is 7.48. The van der Waals surface area contributed by atoms with Gasteiger partial charge in [0.15, 0.2) is 0 Å². The highest BCUT2D eigenvalue weighted by Crippen LogP contribution is 2.61. The van der Waals surface area contributed by atoms with Crippen LogP contribution in [-0.4, -0.2) is 22.4 Å². The van der Waals surface area contributed by atoms with Crippen molar-refractivity contribution < 1.29 is 10.2 Å². The smallest absolute Gasteiger partial charge is 0.0723 e. The van der Waals surface area contributed by atoms with E-state index >= 15 is 0 Å². The number of fused-ring (bicyclic) bond motifs is 5. The first-order valence-electron chi connectivity index (χ1n) is 9.32. The number of hydrogen-bond acceptors (Lipinski definition) is 2. The van der Waals surface area contributed by atoms with E-state index in [1.54, 1.807) is 11.1 Å². The lowest BCUT2D eigenvalue weighted by molar-refractivity contribution is 0.00626. The third-order valence-electron chi connectivity index (χ3n) is 7.48. The van der Waals surface area contributed by atoms with E-state index in [0.717, 1.165) is 31.6 Å². The maximum absolute atomic E-state index is 10.5. The van der Waals surface area contributed by atoms with Gasteiger partial charge in [0.25, 0.3) is 0 Å². The maximum Gasteiger partial charge on any atom is 0.0723 e. The Hall–Kier alpha value is -0.600. The molecule has 4 aliphatic rings. The summed E-state index contributed by atoms with van der Waals surface area (Å²) in [5, 5.41) is 20.5. The van der Waals surface area contributed by atoms with E-state index in [2.05, 4.69) is 26.0 Å². The highest BCUT2D eigenvalue weighted by atomic mass is 16.3. The van der Waals surface area contributed by atoms with E-state index in [9.17, 15) is 10.2 Å². The minimum absolute atomic E-state index is 0.0456. The summed E-state index contributed by atoms with van der Waals surface area (Å²) >= 11 is 0. The summed E-state index contributed by atoms with van der Waals surface area (Å²) in [6.45, 7) is 4.62. The molecule has 2 saturated carbocycles. The summed E-state index contributed by atoms with van der Waals surface area (Å²) in [5.74, 6) is 2.83. The van der Waals surface area contributed by atoms with Crippen LogP contribution in [0.3, 0.4) is 0 Å². The summed E-state index contributed by atoms with van der Waals surface area (Å²) in [5.41, 5.74) is 3.19. The van der Waals surface area contributed by atoms with Gasteiger partial charge in [-0.15, -0.1) is 0 Å². The third kappa shape index (κ3) is 1.99. The molecular formula is C20H30O2. The topological polar surface area (TPSA) is 40.5 Å². The van der Waals surface area contributed by atoms with Crippen LogP contribution in [0.15, 0.2) is 23.3 Å². The van der Waals surface area contributed by atoms with Crippen LogP contribution in [0, 0.1) is 29.1 Å². The average Bonchev–Trinajstić information content (AvgIpc) is 2.81. The van der Waals surface area contributed by atoms with Crippen molar-refractivity contribution in [1.29, 1.82) is 0 Å². The van der Waals surface area contributed by atoms with Crippen LogP contribution < -0.4 is 0 Å². The van der Waals surface area contributed by atoms with Gasteiger partial charge in [0, 0.05) is 5.41 Å². The molecule has 0 aromatic carbocycles. The van der Waals surface area contributed by atoms with Gasteiger partial charge in [-0.3, -0.25) is 0 Å². The molecule has 0 amide bonds. The van der Waals surface area contributed by atoms with Gasteiger partial charge in [-0.25, -0.2) is 0 Å². The largest absolute Gasteiger partial charge is 0.392 e. The fourth-order valence-corrected chi connectivity index (χ4v) is 6.21. The van der Waals surface area contributed by atoms with Crippen LogP contribution in [0.2, 0.25) is 0 Å². The Bertz CT molecular complexity index is 520. The Morgan fingerprint density at radius 3 is 2.82 bits per heavy atom. The second-order valence-corrected chi connectivity index (χ2v) is 8.42. The van der Waals surface area contributed by atoms with Gasteiger partial charge in [0.05, 0.1) is 12.2 Å². The summed E-state index contributed by atoms with van der Waals surface area (Å²) < 4.78 is 0. The van der Waals surface area contributed by atoms with Gasteiger partial charge in [0.2, 0.25) is 0 Å². The van der Waals surface area contributed by atoms with Crippen LogP contribution in [0.1, 0.15) is 58.8 Å². The molecule has 122 valence electrons. The standard InChI is InChI=1S/C20H30O2/c1-3-12-10-13-11-14(21)4-5-15(13)16-8-9-20(2)17(19(12)16)6-7-18(20)22/h6,11-12,14-16,18-19,21-22H,3-5,7-10H2,1-2H3/t12-,14+,15+,16-,18+,19-,20+/m1/s1. The quantitative estimate of drug-likeness (QED) is 0.723. The molecule has 2 heteroatoms. The fraction of sp³-hybridized carbons (Fsp3) is 0.800. The van der Waals surface area contributed by atoms with Crippen LogP contribution in [-0.2, 0) is 0 Å². The predicted molar refractivity (Wildman–Crippen MR) is 88.2 cm³/mol. The van der Waals surface area contributed by atoms with Crippen LogP contribution in [0.4, 0.5) is 0 Å². The van der Waals surface area contributed by atoms with Crippen molar-refractivity contribution in [3.8, 4) is 0 Å². The Balaban J connectivity index is 1.72. The summed E-state index contributed by atoms with van der Waals surface area (Å²) in [6.07, 6.45) is 11.9. The van der Waals surface area contributed by atoms with Crippen molar-refractivity contribution in [3.05, 3.63) is 23.3 Å². The zero-order valence-corrected chi connectivity index (χ0v) is 14.0. The molecule has 22 heavy (non-hydrogen) atoms. The summed E-state index contributed by atoms with van der Waals surface area (Å²) in [4.78, 5) is 0. The first kappa shape index (κ1) is 15.0. The molecule has 0 unspecified atom stereocenters. The molecular weight excluding hydrogens is 272 g/mol. The molecule has 0 spiro atoms. The number of rotatable bonds is 1. The van der Waals surface area contributed by atoms with Crippen LogP contribution in [0.5, 0.6) is 0 Å². The van der Waals surface area contributed by atoms with Gasteiger partial charge < -0.3 is 10.2 Å². The SMILES string of the molecule is CC[C@@H]1CC2=C[C@@H](O)CC[C@@H]2[C@H]2CC[C@@]3(C)C(=CC[C@@H]3O)[C@H]12. The molecule has 0 aromatic heterocycles. The van der Waals surface area contributed by atoms with E-state index < -0.39 is 0 Å². The zero-order valence-electron chi connectivity index (χ0n) is 14.0. The first-order valence-corrected chi connectivity index (χ1v) is 9.32. The molecule has 7 atom stereocenters. The average molecular weight is 302 g/mol. The lowest BCUT2D eigenvalue weighted by atomic mass is 9.51. The predicted octanol–water partition coefficient (Wildman–Crippen LogP) is 3.84. The van der Waals surface area contributed by atoms with Crippen molar-refractivity contribution in [2.75, 3.05) is 0 Å². The fourth-order valence-electron chi connectivity index (χ4n) is 6.21. The number of allylic oxidation sites excluding steroid dienone is 1. The molecule has 0 radical (unpaired) electrons. The van der Waals surface area contributed by atoms with Crippen molar-refractivity contribution in [1.82, 2.24) is 0 Å². The molecule has 4 rings (SSSR count). The molecule has 4 aliphatic carbocycles. The van der Waals surface area contributed by atoms with E-state index in [1.165, 1.54) is 19.3 Å². The Morgan fingerprint density at radius 2 is 2.05 bits per heavy atom. The minimum atomic E-state index is -0.207. The molecule has 2 nitrogen and oxygen atoms in total. The summed E-state index contributed by atoms with van der Waals surface area (Å²) in [7, 11) is 0. The van der Waals surface area contributed by atoms with E-state index in [-0.39, 0.29) is 17.6 Å². The van der Waals surface area contributed by atoms with Crippen molar-refractivity contribution in [2.24, 2.45) is 29.1 Å². The Kier molecular flexibility index (Phi) is 3.54. The zero-order chi connectivity index (χ0) is 15.5. The molecule has 2 fully saturated rings. The lowest BCUT2D eigenvalue weighted by Gasteiger charge is -2.54. The summed E-state index contributed by atoms with van der Waals surface area (Å²) in [6, 6.07) is 0. The number of aliphatic hydroxyl groups excluding tert-OH is 2. The molecule has 0 aliphatic heterocycles. The molecule has 2 N–H and O–H groups in total. The van der Waals surface area contributed by atoms with Gasteiger partial charge in [-0.05, 0) is 62.2 Å². The number of aliphatic hydroxyl groups is 2. The highest BCUT2D eigenvalue weighted by Gasteiger charge is 2.54. The van der Waals surface area contributed by atoms with Gasteiger partial charge >= 0.3 is 0 Å². The second kappa shape index (κ2) is 5.21. The minimum Gasteiger partial charge on any atom is -0.392 e. The number of hydrogen-bond donors (Lipinski definition) is 2. The molecule has 0 saturated heterocycles. The normalized spacial score (nSPS) is 50.5. The van der Waals surface area contributed by atoms with Crippen LogP contribution >= 0.6 is 0 Å². The highest BCUT2D eigenvalue weighted by molar-refractivity contribution is 5.33. The van der Waals surface area contributed by atoms with Crippen LogP contribution in [0.25, 0.3) is 0 Å². The maximum atomic E-state index is 10.5. The monoisotopic (exact) mass is 302 g/mol. The van der Waals surface area contributed by atoms with Crippen molar-refractivity contribution in [2.45, 2.75) is 71.0 Å². The second-order valence-electron chi connectivity index (χ2n) is 8.42. The lowest BCUT2D eigenvalue weighted by Crippen LogP contribution is -2.47. The van der Waals surface area contributed by atoms with Crippen molar-refractivity contribution >= 4 is 0 Å². The van der Waals surface area contributed by atoms with Gasteiger partial charge in [0.1, 0.15) is 0 Å². The molecule has 0 aromatic rings.